The van der Waals surface area contributed by atoms with Crippen molar-refractivity contribution in [2.24, 2.45) is 11.1 Å². The van der Waals surface area contributed by atoms with E-state index < -0.39 is 22.5 Å². The van der Waals surface area contributed by atoms with Gasteiger partial charge in [-0.15, -0.1) is 0 Å². The Morgan fingerprint density at radius 1 is 1.13 bits per heavy atom. The molecule has 2 aromatic carbocycles. The summed E-state index contributed by atoms with van der Waals surface area (Å²) < 4.78 is 24.1. The molecule has 0 radical (unpaired) electrons. The van der Waals surface area contributed by atoms with Crippen molar-refractivity contribution >= 4 is 33.9 Å². The molecule has 3 unspecified atom stereocenters. The summed E-state index contributed by atoms with van der Waals surface area (Å²) in [5, 5.41) is 1.11. The van der Waals surface area contributed by atoms with Crippen LogP contribution < -0.4 is 15.2 Å². The summed E-state index contributed by atoms with van der Waals surface area (Å²) >= 11 is -1.63. The van der Waals surface area contributed by atoms with Crippen LogP contribution in [0.15, 0.2) is 36.4 Å². The van der Waals surface area contributed by atoms with Gasteiger partial charge in [-0.2, -0.15) is 0 Å². The Bertz CT molecular complexity index is 1490. The number of ether oxygens (including phenoxy) is 1. The van der Waals surface area contributed by atoms with Crippen LogP contribution in [0.25, 0.3) is 22.2 Å². The summed E-state index contributed by atoms with van der Waals surface area (Å²) in [6.07, 6.45) is 6.56. The maximum atomic E-state index is 13.0. The largest absolute Gasteiger partial charge is 0.497 e. The lowest BCUT2D eigenvalue weighted by molar-refractivity contribution is -0.123. The number of methoxy groups -OCH3 is 1. The molecule has 2 heterocycles. The molecule has 2 amide bonds. The van der Waals surface area contributed by atoms with Crippen molar-refractivity contribution in [3.05, 3.63) is 53.1 Å². The minimum Gasteiger partial charge on any atom is -0.497 e. The lowest BCUT2D eigenvalue weighted by Crippen LogP contribution is -2.34. The van der Waals surface area contributed by atoms with E-state index >= 15 is 0 Å². The van der Waals surface area contributed by atoms with Gasteiger partial charge in [0, 0.05) is 48.6 Å². The van der Waals surface area contributed by atoms with Crippen LogP contribution >= 0.6 is 0 Å². The van der Waals surface area contributed by atoms with E-state index in [2.05, 4.69) is 21.4 Å². The summed E-state index contributed by atoms with van der Waals surface area (Å²) in [4.78, 5) is 26.0. The molecule has 3 aliphatic rings. The van der Waals surface area contributed by atoms with Crippen LogP contribution in [0, 0.1) is 5.41 Å². The number of nitrogens with two attached hydrogens (primary N) is 1. The van der Waals surface area contributed by atoms with Crippen LogP contribution in [0.2, 0.25) is 0 Å². The van der Waals surface area contributed by atoms with Crippen molar-refractivity contribution in [2.45, 2.75) is 56.9 Å². The molecular formula is C29H34N4O4S. The predicted octanol–water partition coefficient (Wildman–Crippen LogP) is 4.21. The van der Waals surface area contributed by atoms with Gasteiger partial charge in [-0.1, -0.05) is 25.3 Å². The molecule has 2 aliphatic carbocycles. The van der Waals surface area contributed by atoms with Crippen LogP contribution in [0.5, 0.6) is 5.75 Å². The third-order valence-electron chi connectivity index (χ3n) is 8.79. The first-order chi connectivity index (χ1) is 18.2. The lowest BCUT2D eigenvalue weighted by Gasteiger charge is -2.24. The smallest absolute Gasteiger partial charge is 0.264 e. The first-order valence-electron chi connectivity index (χ1n) is 13.3. The normalized spacial score (nSPS) is 23.2. The van der Waals surface area contributed by atoms with Gasteiger partial charge in [0.15, 0.2) is 11.2 Å². The van der Waals surface area contributed by atoms with Gasteiger partial charge in [-0.25, -0.2) is 8.51 Å². The van der Waals surface area contributed by atoms with Crippen LogP contribution in [0.3, 0.4) is 0 Å². The van der Waals surface area contributed by atoms with E-state index in [1.807, 2.05) is 24.3 Å². The van der Waals surface area contributed by atoms with Gasteiger partial charge in [0.1, 0.15) is 5.75 Å². The summed E-state index contributed by atoms with van der Waals surface area (Å²) in [6, 6.07) is 11.9. The minimum absolute atomic E-state index is 0.0354. The number of nitrogens with zero attached hydrogens (tertiary/aromatic N) is 2. The van der Waals surface area contributed by atoms with E-state index in [0.717, 1.165) is 46.3 Å². The lowest BCUT2D eigenvalue weighted by atomic mass is 9.81. The molecule has 3 aromatic rings. The summed E-state index contributed by atoms with van der Waals surface area (Å²) in [5.41, 5.74) is 11.4. The van der Waals surface area contributed by atoms with Gasteiger partial charge < -0.3 is 15.0 Å². The average Bonchev–Trinajstić information content (AvgIpc) is 3.59. The van der Waals surface area contributed by atoms with E-state index in [-0.39, 0.29) is 11.8 Å². The number of carbonyl (C=O) groups is 2. The second-order valence-electron chi connectivity index (χ2n) is 11.1. The Hall–Kier alpha value is -3.17. The number of amides is 2. The number of aromatic nitrogens is 1. The Morgan fingerprint density at radius 3 is 2.58 bits per heavy atom. The fourth-order valence-corrected chi connectivity index (χ4v) is 7.16. The van der Waals surface area contributed by atoms with Crippen LogP contribution in [-0.2, 0) is 22.5 Å². The number of primary amides is 1. The van der Waals surface area contributed by atoms with Gasteiger partial charge in [0.25, 0.3) is 5.91 Å². The van der Waals surface area contributed by atoms with E-state index in [9.17, 15) is 13.8 Å². The highest BCUT2D eigenvalue weighted by atomic mass is 32.2. The molecule has 0 spiro atoms. The van der Waals surface area contributed by atoms with Crippen molar-refractivity contribution in [1.82, 2.24) is 13.6 Å². The maximum Gasteiger partial charge on any atom is 0.264 e. The molecule has 2 fully saturated rings. The SMILES string of the molecule is COc1ccc2c(c1)C1CC1(C(N)=O)Cn1c-2c(C2CCCCC2)c2ccc(C(=O)NS(=O)N(C)C)cc21. The number of nitrogens with one attached hydrogen (secondary N) is 1. The number of fused-ring (bicyclic) bond motifs is 7. The molecule has 1 aromatic heterocycles. The van der Waals surface area contributed by atoms with Gasteiger partial charge in [0.2, 0.25) is 5.91 Å². The molecule has 9 heteroatoms. The Morgan fingerprint density at radius 2 is 1.89 bits per heavy atom. The van der Waals surface area contributed by atoms with Crippen LogP contribution in [0.4, 0.5) is 0 Å². The zero-order chi connectivity index (χ0) is 26.8. The van der Waals surface area contributed by atoms with Gasteiger partial charge in [0.05, 0.1) is 18.2 Å². The molecular weight excluding hydrogens is 500 g/mol. The van der Waals surface area contributed by atoms with Crippen molar-refractivity contribution < 1.29 is 18.5 Å². The Kier molecular flexibility index (Phi) is 6.11. The van der Waals surface area contributed by atoms with E-state index in [0.29, 0.717) is 24.4 Å². The molecule has 200 valence electrons. The fraction of sp³-hybridized carbons (Fsp3) is 0.448. The zero-order valence-corrected chi connectivity index (χ0v) is 22.9. The number of hydrogen-bond acceptors (Lipinski definition) is 4. The number of benzene rings is 2. The van der Waals surface area contributed by atoms with Gasteiger partial charge in [-0.3, -0.25) is 14.3 Å². The zero-order valence-electron chi connectivity index (χ0n) is 22.1. The van der Waals surface area contributed by atoms with Crippen LogP contribution in [-0.4, -0.2) is 46.1 Å². The molecule has 0 saturated heterocycles. The second kappa shape index (κ2) is 9.24. The third-order valence-corrected chi connectivity index (χ3v) is 9.81. The first-order valence-corrected chi connectivity index (χ1v) is 14.4. The monoisotopic (exact) mass is 534 g/mol. The summed E-state index contributed by atoms with van der Waals surface area (Å²) in [6.45, 7) is 0.469. The van der Waals surface area contributed by atoms with Crippen molar-refractivity contribution in [3.63, 3.8) is 0 Å². The summed E-state index contributed by atoms with van der Waals surface area (Å²) in [5.74, 6) is 0.512. The topological polar surface area (TPSA) is 107 Å². The molecule has 38 heavy (non-hydrogen) atoms. The molecule has 8 nitrogen and oxygen atoms in total. The van der Waals surface area contributed by atoms with Crippen molar-refractivity contribution in [2.75, 3.05) is 21.2 Å². The summed E-state index contributed by atoms with van der Waals surface area (Å²) in [7, 11) is 4.95. The van der Waals surface area contributed by atoms with Gasteiger partial charge in [-0.05, 0) is 66.6 Å². The minimum atomic E-state index is -1.63. The second-order valence-corrected chi connectivity index (χ2v) is 12.6. The van der Waals surface area contributed by atoms with Crippen LogP contribution in [0.1, 0.15) is 71.8 Å². The maximum absolute atomic E-state index is 13.0. The highest BCUT2D eigenvalue weighted by Crippen LogP contribution is 2.65. The molecule has 3 atom stereocenters. The first kappa shape index (κ1) is 25.1. The Labute approximate surface area is 225 Å². The van der Waals surface area contributed by atoms with E-state index in [4.69, 9.17) is 10.5 Å². The Balaban J connectivity index is 1.60. The third kappa shape index (κ3) is 3.86. The molecule has 1 aliphatic heterocycles. The average molecular weight is 535 g/mol. The van der Waals surface area contributed by atoms with Crippen molar-refractivity contribution in [3.8, 4) is 17.0 Å². The van der Waals surface area contributed by atoms with Crippen molar-refractivity contribution in [1.29, 1.82) is 0 Å². The van der Waals surface area contributed by atoms with E-state index in [1.54, 1.807) is 21.2 Å². The van der Waals surface area contributed by atoms with E-state index in [1.165, 1.54) is 29.1 Å². The number of carbonyl (C=O) groups excluding carboxylic acids is 2. The highest BCUT2D eigenvalue weighted by molar-refractivity contribution is 7.81. The quantitative estimate of drug-likeness (QED) is 0.494. The molecule has 2 saturated carbocycles. The highest BCUT2D eigenvalue weighted by Gasteiger charge is 2.62. The fourth-order valence-electron chi connectivity index (χ4n) is 6.70. The molecule has 3 N–H and O–H groups in total. The molecule has 0 bridgehead atoms. The van der Waals surface area contributed by atoms with Gasteiger partial charge >= 0.3 is 0 Å². The number of rotatable bonds is 6. The standard InChI is InChI=1S/C29H34N4O4S/c1-32(2)38(36)31-27(34)18-9-11-21-24(13-18)33-16-29(28(30)35)15-23(29)22-14-19(37-3)10-12-20(22)26(33)25(21)17-7-5-4-6-8-17/h9-14,17,23H,4-8,15-16H2,1-3H3,(H2,30,35)(H,31,34). The predicted molar refractivity (Wildman–Crippen MR) is 148 cm³/mol. The number of hydrogen-bond donors (Lipinski definition) is 2. The molecule has 6 rings (SSSR count).